The predicted octanol–water partition coefficient (Wildman–Crippen LogP) is 3.11. The topological polar surface area (TPSA) is 146 Å². The molecule has 0 unspecified atom stereocenters. The van der Waals surface area contributed by atoms with E-state index in [0.29, 0.717) is 28.6 Å². The van der Waals surface area contributed by atoms with E-state index in [0.717, 1.165) is 12.0 Å². The number of amides is 1. The van der Waals surface area contributed by atoms with Gasteiger partial charge in [-0.25, -0.2) is 10.1 Å². The lowest BCUT2D eigenvalue weighted by Crippen LogP contribution is -2.19. The standard InChI is InChI=1S/C21H19ClN8O3/c1-2-10-32-16-8-6-14(7-9-16)18-17(25-29-30(18)20-19(23)27-33-28-20)21(31)26-24-12-13-4-3-5-15(22)11-13/h3-9,11-12H,2,10H2,1H3,(H2,23,27)(H,26,31). The summed E-state index contributed by atoms with van der Waals surface area (Å²) in [6.07, 6.45) is 2.35. The number of ether oxygens (including phenoxy) is 1. The van der Waals surface area contributed by atoms with E-state index in [4.69, 9.17) is 22.1 Å². The first kappa shape index (κ1) is 22.0. The Hall–Kier alpha value is -4.25. The van der Waals surface area contributed by atoms with E-state index in [1.807, 2.05) is 6.92 Å². The minimum absolute atomic E-state index is 0.00266. The summed E-state index contributed by atoms with van der Waals surface area (Å²) in [7, 11) is 0. The summed E-state index contributed by atoms with van der Waals surface area (Å²) in [4.78, 5) is 12.9. The zero-order valence-electron chi connectivity index (χ0n) is 17.5. The lowest BCUT2D eigenvalue weighted by molar-refractivity contribution is 0.0950. The van der Waals surface area contributed by atoms with Crippen molar-refractivity contribution in [2.24, 2.45) is 5.10 Å². The number of rotatable bonds is 8. The van der Waals surface area contributed by atoms with Gasteiger partial charge >= 0.3 is 0 Å². The number of nitrogens with zero attached hydrogens (tertiary/aromatic N) is 6. The Morgan fingerprint density at radius 1 is 1.27 bits per heavy atom. The van der Waals surface area contributed by atoms with Crippen LogP contribution in [0.15, 0.2) is 58.3 Å². The van der Waals surface area contributed by atoms with Crippen molar-refractivity contribution in [2.45, 2.75) is 13.3 Å². The molecule has 11 nitrogen and oxygen atoms in total. The average molecular weight is 467 g/mol. The highest BCUT2D eigenvalue weighted by Gasteiger charge is 2.25. The van der Waals surface area contributed by atoms with Crippen molar-refractivity contribution < 1.29 is 14.2 Å². The van der Waals surface area contributed by atoms with Crippen LogP contribution in [0.3, 0.4) is 0 Å². The maximum atomic E-state index is 12.9. The molecule has 2 aromatic heterocycles. The van der Waals surface area contributed by atoms with Gasteiger partial charge in [0.15, 0.2) is 5.69 Å². The van der Waals surface area contributed by atoms with Gasteiger partial charge in [-0.2, -0.15) is 9.78 Å². The number of aromatic nitrogens is 5. The fourth-order valence-electron chi connectivity index (χ4n) is 2.91. The second-order valence-corrected chi connectivity index (χ2v) is 7.23. The Morgan fingerprint density at radius 3 is 2.79 bits per heavy atom. The molecule has 3 N–H and O–H groups in total. The first-order valence-electron chi connectivity index (χ1n) is 9.93. The smallest absolute Gasteiger partial charge is 0.294 e. The minimum Gasteiger partial charge on any atom is -0.494 e. The zero-order chi connectivity index (χ0) is 23.2. The van der Waals surface area contributed by atoms with Gasteiger partial charge in [0.2, 0.25) is 11.6 Å². The lowest BCUT2D eigenvalue weighted by atomic mass is 10.1. The molecule has 0 radical (unpaired) electrons. The van der Waals surface area contributed by atoms with Crippen LogP contribution in [0.25, 0.3) is 17.1 Å². The molecule has 4 aromatic rings. The van der Waals surface area contributed by atoms with Crippen molar-refractivity contribution >= 4 is 29.5 Å². The number of hydrogen-bond donors (Lipinski definition) is 2. The molecule has 4 rings (SSSR count). The Bertz CT molecular complexity index is 1280. The minimum atomic E-state index is -0.587. The number of hydrazone groups is 1. The van der Waals surface area contributed by atoms with Gasteiger partial charge < -0.3 is 10.5 Å². The van der Waals surface area contributed by atoms with Crippen LogP contribution in [0.4, 0.5) is 5.82 Å². The van der Waals surface area contributed by atoms with Gasteiger partial charge in [-0.3, -0.25) is 4.79 Å². The van der Waals surface area contributed by atoms with Gasteiger partial charge in [0.05, 0.1) is 12.8 Å². The van der Waals surface area contributed by atoms with Crippen LogP contribution in [0.1, 0.15) is 29.4 Å². The van der Waals surface area contributed by atoms with Crippen molar-refractivity contribution in [3.8, 4) is 22.8 Å². The Labute approximate surface area is 193 Å². The molecular formula is C21H19ClN8O3. The molecular weight excluding hydrogens is 448 g/mol. The van der Waals surface area contributed by atoms with E-state index in [-0.39, 0.29) is 17.3 Å². The number of carbonyl (C=O) groups excluding carboxylic acids is 1. The molecule has 0 aliphatic rings. The SMILES string of the molecule is CCCOc1ccc(-c2c(C(=O)NN=Cc3cccc(Cl)c3)nnn2-c2nonc2N)cc1. The van der Waals surface area contributed by atoms with Crippen molar-refractivity contribution in [2.75, 3.05) is 12.3 Å². The van der Waals surface area contributed by atoms with Crippen LogP contribution in [-0.2, 0) is 0 Å². The number of carbonyl (C=O) groups is 1. The average Bonchev–Trinajstić information content (AvgIpc) is 3.44. The summed E-state index contributed by atoms with van der Waals surface area (Å²) >= 11 is 5.97. The molecule has 0 aliphatic heterocycles. The lowest BCUT2D eigenvalue weighted by Gasteiger charge is -2.08. The number of nitrogens with one attached hydrogen (secondary N) is 1. The molecule has 0 fully saturated rings. The molecule has 0 spiro atoms. The summed E-state index contributed by atoms with van der Waals surface area (Å²) in [6.45, 7) is 2.62. The third-order valence-corrected chi connectivity index (χ3v) is 4.65. The zero-order valence-corrected chi connectivity index (χ0v) is 18.2. The van der Waals surface area contributed by atoms with Crippen LogP contribution < -0.4 is 15.9 Å². The van der Waals surface area contributed by atoms with Gasteiger partial charge in [0, 0.05) is 10.6 Å². The number of benzene rings is 2. The number of nitrogens with two attached hydrogens (primary N) is 1. The Balaban J connectivity index is 1.66. The largest absolute Gasteiger partial charge is 0.494 e. The van der Waals surface area contributed by atoms with E-state index >= 15 is 0 Å². The van der Waals surface area contributed by atoms with Crippen molar-refractivity contribution in [3.05, 3.63) is 64.8 Å². The molecule has 2 aromatic carbocycles. The van der Waals surface area contributed by atoms with Gasteiger partial charge in [-0.1, -0.05) is 35.9 Å². The molecule has 2 heterocycles. The van der Waals surface area contributed by atoms with E-state index in [9.17, 15) is 4.79 Å². The third kappa shape index (κ3) is 4.99. The summed E-state index contributed by atoms with van der Waals surface area (Å²) in [5.74, 6) is 0.204. The maximum Gasteiger partial charge on any atom is 0.294 e. The highest BCUT2D eigenvalue weighted by Crippen LogP contribution is 2.28. The van der Waals surface area contributed by atoms with Crippen molar-refractivity contribution in [1.29, 1.82) is 0 Å². The Kier molecular flexibility index (Phi) is 6.60. The van der Waals surface area contributed by atoms with E-state index < -0.39 is 5.91 Å². The molecule has 0 saturated carbocycles. The fourth-order valence-corrected chi connectivity index (χ4v) is 3.11. The second-order valence-electron chi connectivity index (χ2n) is 6.80. The van der Waals surface area contributed by atoms with E-state index in [2.05, 4.69) is 35.8 Å². The Morgan fingerprint density at radius 2 is 2.09 bits per heavy atom. The molecule has 0 bridgehead atoms. The summed E-state index contributed by atoms with van der Waals surface area (Å²) in [5.41, 5.74) is 9.95. The van der Waals surface area contributed by atoms with Crippen LogP contribution in [0, 0.1) is 0 Å². The summed E-state index contributed by atoms with van der Waals surface area (Å²) in [5, 5.41) is 19.9. The highest BCUT2D eigenvalue weighted by molar-refractivity contribution is 6.30. The van der Waals surface area contributed by atoms with E-state index in [1.54, 1.807) is 48.5 Å². The quantitative estimate of drug-likeness (QED) is 0.297. The van der Waals surface area contributed by atoms with Crippen molar-refractivity contribution in [1.82, 2.24) is 30.7 Å². The van der Waals surface area contributed by atoms with E-state index in [1.165, 1.54) is 10.9 Å². The van der Waals surface area contributed by atoms with Crippen LogP contribution in [-0.4, -0.2) is 44.0 Å². The second kappa shape index (κ2) is 9.92. The van der Waals surface area contributed by atoms with Gasteiger partial charge in [-0.05, 0) is 58.7 Å². The molecule has 1 amide bonds. The van der Waals surface area contributed by atoms with Crippen LogP contribution >= 0.6 is 11.6 Å². The first-order chi connectivity index (χ1) is 16.1. The fraction of sp³-hybridized carbons (Fsp3) is 0.143. The van der Waals surface area contributed by atoms with Crippen molar-refractivity contribution in [3.63, 3.8) is 0 Å². The number of hydrogen-bond acceptors (Lipinski definition) is 9. The van der Waals surface area contributed by atoms with Crippen LogP contribution in [0.2, 0.25) is 5.02 Å². The number of halogens is 1. The monoisotopic (exact) mass is 466 g/mol. The van der Waals surface area contributed by atoms with Gasteiger partial charge in [0.1, 0.15) is 11.4 Å². The molecule has 0 aliphatic carbocycles. The first-order valence-corrected chi connectivity index (χ1v) is 10.3. The number of nitrogen functional groups attached to an aromatic ring is 1. The van der Waals surface area contributed by atoms with Crippen LogP contribution in [0.5, 0.6) is 5.75 Å². The van der Waals surface area contributed by atoms with Gasteiger partial charge in [0.25, 0.3) is 5.91 Å². The molecule has 0 atom stereocenters. The summed E-state index contributed by atoms with van der Waals surface area (Å²) in [6, 6.07) is 14.1. The number of anilines is 1. The third-order valence-electron chi connectivity index (χ3n) is 4.41. The normalized spacial score (nSPS) is 11.1. The molecule has 33 heavy (non-hydrogen) atoms. The molecule has 0 saturated heterocycles. The highest BCUT2D eigenvalue weighted by atomic mass is 35.5. The molecule has 168 valence electrons. The maximum absolute atomic E-state index is 12.9. The summed E-state index contributed by atoms with van der Waals surface area (Å²) < 4.78 is 11.6. The van der Waals surface area contributed by atoms with Gasteiger partial charge in [-0.15, -0.1) is 5.10 Å². The predicted molar refractivity (Wildman–Crippen MR) is 121 cm³/mol. The molecule has 12 heteroatoms.